The molecule has 4 rings (SSSR count). The third-order valence-corrected chi connectivity index (χ3v) is 5.93. The predicted molar refractivity (Wildman–Crippen MR) is 133 cm³/mol. The molecule has 2 aliphatic heterocycles. The summed E-state index contributed by atoms with van der Waals surface area (Å²) >= 11 is 5.46. The second kappa shape index (κ2) is 10.9. The Morgan fingerprint density at radius 3 is 2.34 bits per heavy atom. The summed E-state index contributed by atoms with van der Waals surface area (Å²) in [4.78, 5) is 24.0. The highest BCUT2D eigenvalue weighted by Gasteiger charge is 2.49. The Hall–Kier alpha value is -3.41. The van der Waals surface area contributed by atoms with Gasteiger partial charge in [-0.2, -0.15) is 0 Å². The molecule has 3 N–H and O–H groups in total. The smallest absolute Gasteiger partial charge is 0.412 e. The monoisotopic (exact) mass is 501 g/mol. The van der Waals surface area contributed by atoms with E-state index in [0.717, 1.165) is 0 Å². The third-order valence-electron chi connectivity index (χ3n) is 5.71. The number of benzene rings is 2. The van der Waals surface area contributed by atoms with Crippen LogP contribution >= 0.6 is 12.2 Å². The number of ether oxygens (including phenoxy) is 5. The second-order valence-electron chi connectivity index (χ2n) is 8.11. The SMILES string of the molecule is COc1cc(NC(=S)N[C@H]2CO[C@H]3[C@@H]2OC[C@H]3OC(=O)Nc2cccc(C(C)=O)c2)cc(OC)c1. The molecule has 2 heterocycles. The molecule has 0 bridgehead atoms. The molecule has 1 amide bonds. The van der Waals surface area contributed by atoms with E-state index in [4.69, 9.17) is 35.9 Å². The summed E-state index contributed by atoms with van der Waals surface area (Å²) < 4.78 is 27.8. The normalized spacial score (nSPS) is 22.6. The molecule has 2 aromatic rings. The molecule has 10 nitrogen and oxygen atoms in total. The minimum Gasteiger partial charge on any atom is -0.497 e. The minimum absolute atomic E-state index is 0.0927. The van der Waals surface area contributed by atoms with Crippen molar-refractivity contribution in [2.45, 2.75) is 31.3 Å². The van der Waals surface area contributed by atoms with Gasteiger partial charge in [0.15, 0.2) is 17.0 Å². The fourth-order valence-corrected chi connectivity index (χ4v) is 4.27. The van der Waals surface area contributed by atoms with Crippen LogP contribution in [0.15, 0.2) is 42.5 Å². The quantitative estimate of drug-likeness (QED) is 0.386. The summed E-state index contributed by atoms with van der Waals surface area (Å²) in [5, 5.41) is 9.34. The first-order valence-electron chi connectivity index (χ1n) is 11.0. The van der Waals surface area contributed by atoms with E-state index in [-0.39, 0.29) is 24.5 Å². The average molecular weight is 502 g/mol. The number of amides is 1. The van der Waals surface area contributed by atoms with E-state index < -0.39 is 18.3 Å². The highest BCUT2D eigenvalue weighted by Crippen LogP contribution is 2.30. The van der Waals surface area contributed by atoms with Gasteiger partial charge in [-0.25, -0.2) is 4.79 Å². The number of carbonyl (C=O) groups excluding carboxylic acids is 2. The molecule has 0 aromatic heterocycles. The van der Waals surface area contributed by atoms with Gasteiger partial charge in [-0.05, 0) is 31.3 Å². The van der Waals surface area contributed by atoms with E-state index in [1.54, 1.807) is 56.7 Å². The number of Topliss-reactive ketones (excluding diaryl/α,β-unsaturated/α-hetero) is 1. The van der Waals surface area contributed by atoms with Crippen molar-refractivity contribution in [3.63, 3.8) is 0 Å². The van der Waals surface area contributed by atoms with Crippen LogP contribution in [0.1, 0.15) is 17.3 Å². The van der Waals surface area contributed by atoms with Crippen LogP contribution in [0.3, 0.4) is 0 Å². The standard InChI is InChI=1S/C24H27N3O7S/c1-13(28)14-5-4-6-15(7-14)26-24(29)34-20-12-33-21-19(11-32-22(20)21)27-23(35)25-16-8-17(30-2)10-18(9-16)31-3/h4-10,19-22H,11-12H2,1-3H3,(H,26,29)(H2,25,27,35)/t19-,20+,21+,22+/m0/s1. The summed E-state index contributed by atoms with van der Waals surface area (Å²) in [5.41, 5.74) is 1.67. The fraction of sp³-hybridized carbons (Fsp3) is 0.375. The first-order valence-corrected chi connectivity index (χ1v) is 11.4. The van der Waals surface area contributed by atoms with Crippen LogP contribution in [-0.4, -0.2) is 68.8 Å². The Balaban J connectivity index is 1.30. The highest BCUT2D eigenvalue weighted by molar-refractivity contribution is 7.80. The summed E-state index contributed by atoms with van der Waals surface area (Å²) in [6, 6.07) is 11.8. The minimum atomic E-state index is -0.649. The van der Waals surface area contributed by atoms with Gasteiger partial charge in [-0.15, -0.1) is 0 Å². The third kappa shape index (κ3) is 5.99. The first-order chi connectivity index (χ1) is 16.9. The maximum absolute atomic E-state index is 12.4. The van der Waals surface area contributed by atoms with Crippen molar-refractivity contribution in [3.8, 4) is 11.5 Å². The van der Waals surface area contributed by atoms with Crippen molar-refractivity contribution < 1.29 is 33.3 Å². The van der Waals surface area contributed by atoms with E-state index in [0.29, 0.717) is 40.2 Å². The van der Waals surface area contributed by atoms with Gasteiger partial charge in [0.1, 0.15) is 23.7 Å². The van der Waals surface area contributed by atoms with Crippen LogP contribution in [0.2, 0.25) is 0 Å². The molecule has 186 valence electrons. The zero-order valence-electron chi connectivity index (χ0n) is 19.5. The molecular weight excluding hydrogens is 474 g/mol. The molecule has 2 saturated heterocycles. The summed E-state index contributed by atoms with van der Waals surface area (Å²) in [6.07, 6.45) is -1.99. The average Bonchev–Trinajstić information content (AvgIpc) is 3.42. The summed E-state index contributed by atoms with van der Waals surface area (Å²) in [7, 11) is 3.15. The zero-order chi connectivity index (χ0) is 24.9. The lowest BCUT2D eigenvalue weighted by atomic mass is 10.1. The highest BCUT2D eigenvalue weighted by atomic mass is 32.1. The van der Waals surface area contributed by atoms with E-state index in [1.165, 1.54) is 6.92 Å². The molecule has 0 saturated carbocycles. The lowest BCUT2D eigenvalue weighted by Gasteiger charge is -2.20. The number of hydrogen-bond donors (Lipinski definition) is 3. The van der Waals surface area contributed by atoms with Crippen molar-refractivity contribution in [1.82, 2.24) is 5.32 Å². The largest absolute Gasteiger partial charge is 0.497 e. The Bertz CT molecular complexity index is 1090. The lowest BCUT2D eigenvalue weighted by molar-refractivity contribution is 0.00880. The molecule has 0 unspecified atom stereocenters. The van der Waals surface area contributed by atoms with Crippen LogP contribution in [0, 0.1) is 0 Å². The Morgan fingerprint density at radius 1 is 0.943 bits per heavy atom. The van der Waals surface area contributed by atoms with E-state index >= 15 is 0 Å². The van der Waals surface area contributed by atoms with E-state index in [2.05, 4.69) is 16.0 Å². The maximum atomic E-state index is 12.4. The van der Waals surface area contributed by atoms with Crippen LogP contribution in [-0.2, 0) is 14.2 Å². The molecule has 2 aliphatic rings. The van der Waals surface area contributed by atoms with Gasteiger partial charge in [-0.3, -0.25) is 10.1 Å². The predicted octanol–water partition coefficient (Wildman–Crippen LogP) is 2.98. The topological polar surface area (TPSA) is 116 Å². The second-order valence-corrected chi connectivity index (χ2v) is 8.52. The van der Waals surface area contributed by atoms with Crippen molar-refractivity contribution >= 4 is 40.6 Å². The van der Waals surface area contributed by atoms with Gasteiger partial charge >= 0.3 is 6.09 Å². The Kier molecular flexibility index (Phi) is 7.69. The van der Waals surface area contributed by atoms with Gasteiger partial charge in [0.25, 0.3) is 0 Å². The van der Waals surface area contributed by atoms with E-state index in [1.807, 2.05) is 0 Å². The van der Waals surface area contributed by atoms with Gasteiger partial charge in [0.2, 0.25) is 0 Å². The number of fused-ring (bicyclic) bond motifs is 1. The molecule has 35 heavy (non-hydrogen) atoms. The molecule has 0 spiro atoms. The molecular formula is C24H27N3O7S. The molecule has 0 aliphatic carbocycles. The van der Waals surface area contributed by atoms with Gasteiger partial charge in [0, 0.05) is 35.1 Å². The van der Waals surface area contributed by atoms with Crippen molar-refractivity contribution in [2.75, 3.05) is 38.1 Å². The van der Waals surface area contributed by atoms with E-state index in [9.17, 15) is 9.59 Å². The zero-order valence-corrected chi connectivity index (χ0v) is 20.3. The van der Waals surface area contributed by atoms with Gasteiger partial charge in [-0.1, -0.05) is 12.1 Å². The van der Waals surface area contributed by atoms with Crippen LogP contribution in [0.25, 0.3) is 0 Å². The molecule has 0 radical (unpaired) electrons. The fourth-order valence-electron chi connectivity index (χ4n) is 4.00. The molecule has 4 atom stereocenters. The van der Waals surface area contributed by atoms with Crippen molar-refractivity contribution in [2.24, 2.45) is 0 Å². The van der Waals surface area contributed by atoms with Crippen LogP contribution in [0.4, 0.5) is 16.2 Å². The maximum Gasteiger partial charge on any atom is 0.412 e. The molecule has 2 fully saturated rings. The number of hydrogen-bond acceptors (Lipinski definition) is 8. The number of methoxy groups -OCH3 is 2. The number of nitrogens with one attached hydrogen (secondary N) is 3. The molecule has 11 heteroatoms. The number of carbonyl (C=O) groups is 2. The first kappa shape index (κ1) is 24.7. The number of thiocarbonyl (C=S) groups is 1. The van der Waals surface area contributed by atoms with Crippen molar-refractivity contribution in [3.05, 3.63) is 48.0 Å². The summed E-state index contributed by atoms with van der Waals surface area (Å²) in [6.45, 7) is 1.99. The Labute approximate surface area is 208 Å². The number of anilines is 2. The van der Waals surface area contributed by atoms with Crippen LogP contribution < -0.4 is 25.4 Å². The van der Waals surface area contributed by atoms with Crippen molar-refractivity contribution in [1.29, 1.82) is 0 Å². The van der Waals surface area contributed by atoms with Crippen LogP contribution in [0.5, 0.6) is 11.5 Å². The Morgan fingerprint density at radius 2 is 1.66 bits per heavy atom. The molecule has 2 aromatic carbocycles. The lowest BCUT2D eigenvalue weighted by Crippen LogP contribution is -2.46. The number of rotatable bonds is 7. The van der Waals surface area contributed by atoms with Gasteiger partial charge < -0.3 is 34.3 Å². The van der Waals surface area contributed by atoms with Gasteiger partial charge in [0.05, 0.1) is 33.5 Å². The number of ketones is 1. The summed E-state index contributed by atoms with van der Waals surface area (Å²) in [5.74, 6) is 1.17.